The van der Waals surface area contributed by atoms with Crippen LogP contribution in [-0.4, -0.2) is 24.9 Å². The van der Waals surface area contributed by atoms with E-state index in [0.29, 0.717) is 19.6 Å². The van der Waals surface area contributed by atoms with Gasteiger partial charge in [0.15, 0.2) is 0 Å². The zero-order valence-electron chi connectivity index (χ0n) is 5.63. The predicted octanol–water partition coefficient (Wildman–Crippen LogP) is -0.0876. The summed E-state index contributed by atoms with van der Waals surface area (Å²) in [5.74, 6) is 4.99. The topological polar surface area (TPSA) is 53.2 Å². The van der Waals surface area contributed by atoms with Gasteiger partial charge in [-0.15, -0.1) is 0 Å². The number of hydrogen-bond donors (Lipinski definition) is 1. The number of ether oxygens (including phenoxy) is 1. The van der Waals surface area contributed by atoms with Crippen molar-refractivity contribution in [1.29, 1.82) is 5.26 Å². The molecule has 0 aromatic carbocycles. The van der Waals surface area contributed by atoms with E-state index in [2.05, 4.69) is 11.8 Å². The van der Waals surface area contributed by atoms with E-state index in [0.717, 1.165) is 0 Å². The number of nitriles is 1. The Balaban J connectivity index is 2.99. The molecule has 1 N–H and O–H groups in total. The monoisotopic (exact) mass is 139 g/mol. The minimum atomic E-state index is -0.137. The summed E-state index contributed by atoms with van der Waals surface area (Å²) in [6, 6.07) is 1.94. The molecule has 0 aliphatic heterocycles. The number of rotatable bonds is 3. The first-order valence-electron chi connectivity index (χ1n) is 2.93. The molecule has 10 heavy (non-hydrogen) atoms. The zero-order chi connectivity index (χ0) is 7.66. The van der Waals surface area contributed by atoms with Gasteiger partial charge in [0, 0.05) is 0 Å². The predicted molar refractivity (Wildman–Crippen MR) is 35.9 cm³/mol. The van der Waals surface area contributed by atoms with Crippen LogP contribution in [0.4, 0.5) is 0 Å². The highest BCUT2D eigenvalue weighted by Crippen LogP contribution is 1.77. The fraction of sp³-hybridized carbons (Fsp3) is 0.571. The van der Waals surface area contributed by atoms with Gasteiger partial charge in [0.05, 0.1) is 19.1 Å². The Labute approximate surface area is 60.2 Å². The molecule has 0 fully saturated rings. The van der Waals surface area contributed by atoms with Crippen LogP contribution in [0.2, 0.25) is 0 Å². The Kier molecular flexibility index (Phi) is 7.15. The first kappa shape index (κ1) is 8.97. The summed E-state index contributed by atoms with van der Waals surface area (Å²) in [4.78, 5) is 0. The van der Waals surface area contributed by atoms with Crippen LogP contribution in [0.3, 0.4) is 0 Å². The Hall–Kier alpha value is -1.03. The molecule has 0 rings (SSSR count). The molecule has 3 nitrogen and oxygen atoms in total. The van der Waals surface area contributed by atoms with E-state index in [-0.39, 0.29) is 6.61 Å². The van der Waals surface area contributed by atoms with Crippen molar-refractivity contribution in [3.63, 3.8) is 0 Å². The van der Waals surface area contributed by atoms with E-state index in [9.17, 15) is 0 Å². The molecule has 0 radical (unpaired) electrons. The maximum atomic E-state index is 8.19. The van der Waals surface area contributed by atoms with E-state index in [1.165, 1.54) is 0 Å². The molecule has 3 heteroatoms. The zero-order valence-corrected chi connectivity index (χ0v) is 5.63. The van der Waals surface area contributed by atoms with Crippen LogP contribution in [0.1, 0.15) is 6.42 Å². The molecular weight excluding hydrogens is 130 g/mol. The summed E-state index contributed by atoms with van der Waals surface area (Å²) in [6.07, 6.45) is 0.390. The summed E-state index contributed by atoms with van der Waals surface area (Å²) in [7, 11) is 0. The molecule has 0 amide bonds. The standard InChI is InChI=1S/C7H9NO2/c8-4-3-7-10-6-2-1-5-9/h9H,3,5-7H2. The molecule has 0 heterocycles. The van der Waals surface area contributed by atoms with E-state index in [4.69, 9.17) is 15.1 Å². The van der Waals surface area contributed by atoms with Crippen LogP contribution < -0.4 is 0 Å². The highest BCUT2D eigenvalue weighted by atomic mass is 16.5. The molecule has 0 aliphatic rings. The normalized spacial score (nSPS) is 7.60. The van der Waals surface area contributed by atoms with Crippen LogP contribution in [0.5, 0.6) is 0 Å². The minimum absolute atomic E-state index is 0.137. The number of nitrogens with zero attached hydrogens (tertiary/aromatic N) is 1. The number of aliphatic hydroxyl groups is 1. The Bertz CT molecular complexity index is 161. The Morgan fingerprint density at radius 1 is 1.40 bits per heavy atom. The summed E-state index contributed by atoms with van der Waals surface area (Å²) < 4.78 is 4.87. The van der Waals surface area contributed by atoms with E-state index >= 15 is 0 Å². The fourth-order valence-electron chi connectivity index (χ4n) is 0.348. The molecule has 0 aliphatic carbocycles. The first-order chi connectivity index (χ1) is 4.91. The Morgan fingerprint density at radius 2 is 2.20 bits per heavy atom. The number of hydrogen-bond acceptors (Lipinski definition) is 3. The molecule has 0 aromatic rings. The molecule has 0 unspecified atom stereocenters. The molecule has 0 aromatic heterocycles. The van der Waals surface area contributed by atoms with Crippen LogP contribution in [0.25, 0.3) is 0 Å². The van der Waals surface area contributed by atoms with Crippen LogP contribution in [0, 0.1) is 23.2 Å². The van der Waals surface area contributed by atoms with Crippen molar-refractivity contribution < 1.29 is 9.84 Å². The molecular formula is C7H9NO2. The second kappa shape index (κ2) is 7.97. The smallest absolute Gasteiger partial charge is 0.107 e. The molecule has 0 bridgehead atoms. The lowest BCUT2D eigenvalue weighted by atomic mass is 10.5. The molecule has 0 saturated carbocycles. The van der Waals surface area contributed by atoms with E-state index < -0.39 is 0 Å². The van der Waals surface area contributed by atoms with Gasteiger partial charge < -0.3 is 9.84 Å². The van der Waals surface area contributed by atoms with Crippen LogP contribution in [-0.2, 0) is 4.74 Å². The lowest BCUT2D eigenvalue weighted by molar-refractivity contribution is 0.173. The average molecular weight is 139 g/mol. The third kappa shape index (κ3) is 6.97. The van der Waals surface area contributed by atoms with Crippen molar-refractivity contribution in [3.8, 4) is 17.9 Å². The highest BCUT2D eigenvalue weighted by Gasteiger charge is 1.80. The molecule has 0 saturated heterocycles. The van der Waals surface area contributed by atoms with Gasteiger partial charge in [-0.25, -0.2) is 0 Å². The third-order valence-corrected chi connectivity index (χ3v) is 0.736. The van der Waals surface area contributed by atoms with Crippen LogP contribution in [0.15, 0.2) is 0 Å². The summed E-state index contributed by atoms with van der Waals surface area (Å²) in [5, 5.41) is 16.3. The maximum absolute atomic E-state index is 8.19. The molecule has 0 atom stereocenters. The van der Waals surface area contributed by atoms with Gasteiger partial charge in [-0.05, 0) is 0 Å². The minimum Gasteiger partial charge on any atom is -0.384 e. The van der Waals surface area contributed by atoms with Gasteiger partial charge in [0.25, 0.3) is 0 Å². The summed E-state index contributed by atoms with van der Waals surface area (Å²) >= 11 is 0. The van der Waals surface area contributed by atoms with Crippen molar-refractivity contribution in [2.75, 3.05) is 19.8 Å². The van der Waals surface area contributed by atoms with E-state index in [1.807, 2.05) is 6.07 Å². The molecule has 0 spiro atoms. The first-order valence-corrected chi connectivity index (χ1v) is 2.93. The van der Waals surface area contributed by atoms with Gasteiger partial charge in [0.2, 0.25) is 0 Å². The summed E-state index contributed by atoms with van der Waals surface area (Å²) in [6.45, 7) is 0.570. The summed E-state index contributed by atoms with van der Waals surface area (Å²) in [5.41, 5.74) is 0. The third-order valence-electron chi connectivity index (χ3n) is 0.736. The van der Waals surface area contributed by atoms with Crippen molar-refractivity contribution >= 4 is 0 Å². The molecule has 54 valence electrons. The van der Waals surface area contributed by atoms with Gasteiger partial charge in [-0.2, -0.15) is 5.26 Å². The average Bonchev–Trinajstić information content (AvgIpc) is 1.97. The lowest BCUT2D eigenvalue weighted by Crippen LogP contribution is -1.92. The van der Waals surface area contributed by atoms with Gasteiger partial charge in [0.1, 0.15) is 13.2 Å². The fourth-order valence-corrected chi connectivity index (χ4v) is 0.348. The Morgan fingerprint density at radius 3 is 2.80 bits per heavy atom. The maximum Gasteiger partial charge on any atom is 0.107 e. The highest BCUT2D eigenvalue weighted by molar-refractivity contribution is 4.98. The van der Waals surface area contributed by atoms with Gasteiger partial charge >= 0.3 is 0 Å². The quantitative estimate of drug-likeness (QED) is 0.439. The second-order valence-corrected chi connectivity index (χ2v) is 1.47. The lowest BCUT2D eigenvalue weighted by Gasteiger charge is -1.90. The van der Waals surface area contributed by atoms with Crippen molar-refractivity contribution in [1.82, 2.24) is 0 Å². The van der Waals surface area contributed by atoms with Crippen LogP contribution >= 0.6 is 0 Å². The SMILES string of the molecule is N#CCCOCC#CCO. The van der Waals surface area contributed by atoms with E-state index in [1.54, 1.807) is 0 Å². The van der Waals surface area contributed by atoms with Gasteiger partial charge in [-0.3, -0.25) is 0 Å². The van der Waals surface area contributed by atoms with Gasteiger partial charge in [-0.1, -0.05) is 11.8 Å². The second-order valence-electron chi connectivity index (χ2n) is 1.47. The van der Waals surface area contributed by atoms with Crippen molar-refractivity contribution in [2.24, 2.45) is 0 Å². The number of aliphatic hydroxyl groups excluding tert-OH is 1. The largest absolute Gasteiger partial charge is 0.384 e. The van der Waals surface area contributed by atoms with Crippen molar-refractivity contribution in [3.05, 3.63) is 0 Å². The van der Waals surface area contributed by atoms with Crippen molar-refractivity contribution in [2.45, 2.75) is 6.42 Å².